The maximum atomic E-state index is 12.8. The van der Waals surface area contributed by atoms with Crippen molar-refractivity contribution in [1.29, 1.82) is 0 Å². The summed E-state index contributed by atoms with van der Waals surface area (Å²) in [6.07, 6.45) is 5.33. The minimum Gasteiger partial charge on any atom is -0.360 e. The molecule has 0 bridgehead atoms. The fourth-order valence-electron chi connectivity index (χ4n) is 3.01. The molecule has 7 nitrogen and oxygen atoms in total. The Hall–Kier alpha value is -3.45. The molecular formula is C21H18ClN5O2. The van der Waals surface area contributed by atoms with Crippen molar-refractivity contribution in [2.45, 2.75) is 13.5 Å². The van der Waals surface area contributed by atoms with E-state index in [1.165, 1.54) is 0 Å². The van der Waals surface area contributed by atoms with Gasteiger partial charge in [-0.3, -0.25) is 14.5 Å². The van der Waals surface area contributed by atoms with Crippen LogP contribution in [-0.2, 0) is 6.54 Å². The first-order chi connectivity index (χ1) is 14.1. The highest BCUT2D eigenvalue weighted by molar-refractivity contribution is 6.33. The summed E-state index contributed by atoms with van der Waals surface area (Å²) in [6, 6.07) is 12.9. The van der Waals surface area contributed by atoms with E-state index in [0.717, 1.165) is 11.3 Å². The molecule has 0 radical (unpaired) electrons. The van der Waals surface area contributed by atoms with Crippen LogP contribution in [-0.4, -0.2) is 32.4 Å². The van der Waals surface area contributed by atoms with Crippen LogP contribution in [0.15, 0.2) is 65.6 Å². The molecule has 0 aliphatic carbocycles. The molecule has 0 saturated carbocycles. The van der Waals surface area contributed by atoms with Crippen LogP contribution in [0.1, 0.15) is 16.1 Å². The van der Waals surface area contributed by atoms with Gasteiger partial charge >= 0.3 is 0 Å². The molecule has 0 unspecified atom stereocenters. The quantitative estimate of drug-likeness (QED) is 0.522. The Bertz CT molecular complexity index is 1140. The number of rotatable bonds is 6. The number of carbonyl (C=O) groups is 1. The van der Waals surface area contributed by atoms with Crippen LogP contribution in [0.4, 0.5) is 0 Å². The van der Waals surface area contributed by atoms with Crippen LogP contribution < -0.4 is 5.32 Å². The highest BCUT2D eigenvalue weighted by Crippen LogP contribution is 2.30. The van der Waals surface area contributed by atoms with Crippen molar-refractivity contribution in [2.75, 3.05) is 6.54 Å². The molecule has 0 saturated heterocycles. The molecule has 3 heterocycles. The minimum absolute atomic E-state index is 0.264. The van der Waals surface area contributed by atoms with E-state index in [0.29, 0.717) is 40.7 Å². The summed E-state index contributed by atoms with van der Waals surface area (Å²) in [4.78, 5) is 16.8. The average molecular weight is 408 g/mol. The molecule has 4 rings (SSSR count). The van der Waals surface area contributed by atoms with Crippen LogP contribution in [0.25, 0.3) is 22.5 Å². The molecule has 1 N–H and O–H groups in total. The number of aryl methyl sites for hydroxylation is 1. The second-order valence-corrected chi connectivity index (χ2v) is 6.81. The van der Waals surface area contributed by atoms with E-state index in [2.05, 4.69) is 20.6 Å². The first-order valence-corrected chi connectivity index (χ1v) is 9.44. The molecule has 3 aromatic heterocycles. The summed E-state index contributed by atoms with van der Waals surface area (Å²) in [5.74, 6) is 0.177. The Morgan fingerprint density at radius 1 is 1.17 bits per heavy atom. The lowest BCUT2D eigenvalue weighted by molar-refractivity contribution is 0.0951. The number of benzene rings is 1. The van der Waals surface area contributed by atoms with Crippen LogP contribution in [0.3, 0.4) is 0 Å². The maximum absolute atomic E-state index is 12.8. The van der Waals surface area contributed by atoms with Crippen molar-refractivity contribution in [3.05, 3.63) is 77.4 Å². The van der Waals surface area contributed by atoms with Gasteiger partial charge in [0.05, 0.1) is 17.3 Å². The van der Waals surface area contributed by atoms with E-state index in [1.807, 2.05) is 36.5 Å². The Labute approximate surface area is 172 Å². The normalized spacial score (nSPS) is 10.8. The number of carbonyl (C=O) groups excluding carboxylic acids is 1. The number of hydrogen-bond donors (Lipinski definition) is 1. The third-order valence-electron chi connectivity index (χ3n) is 4.46. The zero-order chi connectivity index (χ0) is 20.2. The summed E-state index contributed by atoms with van der Waals surface area (Å²) in [7, 11) is 0. The Morgan fingerprint density at radius 3 is 2.76 bits per heavy atom. The van der Waals surface area contributed by atoms with Gasteiger partial charge in [-0.15, -0.1) is 0 Å². The number of nitrogens with zero attached hydrogens (tertiary/aromatic N) is 4. The van der Waals surface area contributed by atoms with E-state index < -0.39 is 0 Å². The summed E-state index contributed by atoms with van der Waals surface area (Å²) >= 11 is 6.25. The van der Waals surface area contributed by atoms with E-state index in [9.17, 15) is 4.79 Å². The predicted molar refractivity (Wildman–Crippen MR) is 109 cm³/mol. The molecule has 4 aromatic rings. The van der Waals surface area contributed by atoms with E-state index in [1.54, 1.807) is 36.1 Å². The van der Waals surface area contributed by atoms with Crippen molar-refractivity contribution in [3.63, 3.8) is 0 Å². The summed E-state index contributed by atoms with van der Waals surface area (Å²) < 4.78 is 7.03. The van der Waals surface area contributed by atoms with Crippen LogP contribution in [0.2, 0.25) is 5.02 Å². The molecule has 29 heavy (non-hydrogen) atoms. The van der Waals surface area contributed by atoms with Crippen molar-refractivity contribution in [3.8, 4) is 22.5 Å². The fourth-order valence-corrected chi connectivity index (χ4v) is 3.24. The smallest absolute Gasteiger partial charge is 0.257 e. The first-order valence-electron chi connectivity index (χ1n) is 9.06. The first kappa shape index (κ1) is 18.9. The van der Waals surface area contributed by atoms with Gasteiger partial charge in [-0.05, 0) is 31.2 Å². The zero-order valence-corrected chi connectivity index (χ0v) is 16.4. The Kier molecular flexibility index (Phi) is 5.39. The fraction of sp³-hybridized carbons (Fsp3) is 0.143. The molecule has 0 atom stereocenters. The van der Waals surface area contributed by atoms with Crippen LogP contribution in [0, 0.1) is 6.92 Å². The monoisotopic (exact) mass is 407 g/mol. The second-order valence-electron chi connectivity index (χ2n) is 6.40. The molecule has 0 fully saturated rings. The van der Waals surface area contributed by atoms with E-state index in [4.69, 9.17) is 16.1 Å². The molecule has 0 aliphatic heterocycles. The maximum Gasteiger partial charge on any atom is 0.257 e. The van der Waals surface area contributed by atoms with Gasteiger partial charge < -0.3 is 9.84 Å². The SMILES string of the molecule is Cc1onc(-c2ccccc2Cl)c1C(=O)NCCn1ccc(-c2ccncc2)n1. The van der Waals surface area contributed by atoms with Gasteiger partial charge in [0.25, 0.3) is 5.91 Å². The van der Waals surface area contributed by atoms with Crippen molar-refractivity contribution < 1.29 is 9.32 Å². The predicted octanol–water partition coefficient (Wildman–Crippen LogP) is 3.99. The van der Waals surface area contributed by atoms with Crippen LogP contribution in [0.5, 0.6) is 0 Å². The molecular weight excluding hydrogens is 390 g/mol. The molecule has 0 aliphatic rings. The number of pyridine rings is 1. The summed E-state index contributed by atoms with van der Waals surface area (Å²) in [6.45, 7) is 2.64. The van der Waals surface area contributed by atoms with Gasteiger partial charge in [-0.25, -0.2) is 0 Å². The minimum atomic E-state index is -0.264. The third kappa shape index (κ3) is 4.05. The van der Waals surface area contributed by atoms with Crippen molar-refractivity contribution in [1.82, 2.24) is 25.2 Å². The number of nitrogens with one attached hydrogen (secondary N) is 1. The van der Waals surface area contributed by atoms with Gasteiger partial charge in [-0.2, -0.15) is 5.10 Å². The molecule has 1 amide bonds. The third-order valence-corrected chi connectivity index (χ3v) is 4.79. The van der Waals surface area contributed by atoms with Crippen molar-refractivity contribution in [2.24, 2.45) is 0 Å². The standard InChI is InChI=1S/C21H18ClN5O2/c1-14-19(20(26-29-14)16-4-2-3-5-17(16)22)21(28)24-11-13-27-12-8-18(25-27)15-6-9-23-10-7-15/h2-10,12H,11,13H2,1H3,(H,24,28). The number of amides is 1. The number of halogens is 1. The van der Waals surface area contributed by atoms with Crippen molar-refractivity contribution >= 4 is 17.5 Å². The average Bonchev–Trinajstić information content (AvgIpc) is 3.36. The molecule has 146 valence electrons. The van der Waals surface area contributed by atoms with E-state index >= 15 is 0 Å². The molecule has 0 spiro atoms. The molecule has 8 heteroatoms. The van der Waals surface area contributed by atoms with Gasteiger partial charge in [-0.1, -0.05) is 35.0 Å². The van der Waals surface area contributed by atoms with E-state index in [-0.39, 0.29) is 5.91 Å². The summed E-state index contributed by atoms with van der Waals surface area (Å²) in [5, 5.41) is 12.0. The van der Waals surface area contributed by atoms with Gasteiger partial charge in [0, 0.05) is 36.3 Å². The summed E-state index contributed by atoms with van der Waals surface area (Å²) in [5.41, 5.74) is 3.33. The Balaban J connectivity index is 1.43. The lowest BCUT2D eigenvalue weighted by Gasteiger charge is -2.07. The zero-order valence-electron chi connectivity index (χ0n) is 15.7. The topological polar surface area (TPSA) is 85.8 Å². The van der Waals surface area contributed by atoms with Crippen LogP contribution >= 0.6 is 11.6 Å². The number of hydrogen-bond acceptors (Lipinski definition) is 5. The lowest BCUT2D eigenvalue weighted by atomic mass is 10.1. The number of aromatic nitrogens is 4. The highest BCUT2D eigenvalue weighted by atomic mass is 35.5. The second kappa shape index (κ2) is 8.28. The largest absolute Gasteiger partial charge is 0.360 e. The van der Waals surface area contributed by atoms with Gasteiger partial charge in [0.15, 0.2) is 0 Å². The highest BCUT2D eigenvalue weighted by Gasteiger charge is 2.22. The molecule has 1 aromatic carbocycles. The van der Waals surface area contributed by atoms with Gasteiger partial charge in [0.2, 0.25) is 0 Å². The van der Waals surface area contributed by atoms with Gasteiger partial charge in [0.1, 0.15) is 17.0 Å². The Morgan fingerprint density at radius 2 is 1.97 bits per heavy atom. The lowest BCUT2D eigenvalue weighted by Crippen LogP contribution is -2.28.